The maximum Gasteiger partial charge on any atom is 0.165 e. The van der Waals surface area contributed by atoms with Crippen LogP contribution in [0.5, 0.6) is 11.5 Å². The quantitative estimate of drug-likeness (QED) is 0.135. The van der Waals surface area contributed by atoms with Crippen LogP contribution >= 0.6 is 11.6 Å². The molecule has 3 heterocycles. The number of hydrogen-bond donors (Lipinski definition) is 2. The minimum Gasteiger partial charge on any atom is -0.650 e. The van der Waals surface area contributed by atoms with Crippen LogP contribution < -0.4 is 9.62 Å². The molecule has 1 aromatic heterocycles. The van der Waals surface area contributed by atoms with E-state index in [-0.39, 0.29) is 50.3 Å². The van der Waals surface area contributed by atoms with Crippen LogP contribution in [0.3, 0.4) is 0 Å². The monoisotopic (exact) mass is 654 g/mol. The van der Waals surface area contributed by atoms with E-state index in [1.54, 1.807) is 0 Å². The van der Waals surface area contributed by atoms with Crippen LogP contribution in [0.1, 0.15) is 29.3 Å². The maximum absolute atomic E-state index is 12.1. The van der Waals surface area contributed by atoms with Gasteiger partial charge in [0, 0.05) is 87.1 Å². The third kappa shape index (κ3) is 8.51. The molecule has 2 aliphatic rings. The van der Waals surface area contributed by atoms with Crippen molar-refractivity contribution >= 4 is 22.5 Å². The van der Waals surface area contributed by atoms with E-state index < -0.39 is 0 Å². The topological polar surface area (TPSA) is 75.1 Å². The average Bonchev–Trinajstić information content (AvgIpc) is 3.35. The summed E-state index contributed by atoms with van der Waals surface area (Å²) in [5.74, 6) is 0.814. The number of fused-ring (bicyclic) bond motifs is 3. The van der Waals surface area contributed by atoms with E-state index in [1.165, 1.54) is 59.6 Å². The minimum absolute atomic E-state index is 0. The van der Waals surface area contributed by atoms with Gasteiger partial charge in [0.05, 0.1) is 6.61 Å². The van der Waals surface area contributed by atoms with E-state index >= 15 is 0 Å². The van der Waals surface area contributed by atoms with Crippen LogP contribution in [-0.2, 0) is 39.1 Å². The Morgan fingerprint density at radius 1 is 1.00 bits per heavy atom. The van der Waals surface area contributed by atoms with Gasteiger partial charge in [0.1, 0.15) is 11.6 Å². The van der Waals surface area contributed by atoms with Gasteiger partial charge >= 0.3 is 0 Å². The molecule has 1 atom stereocenters. The summed E-state index contributed by atoms with van der Waals surface area (Å²) in [4.78, 5) is 12.3. The van der Waals surface area contributed by atoms with Gasteiger partial charge in [0.2, 0.25) is 0 Å². The Morgan fingerprint density at radius 2 is 1.71 bits per heavy atom. The van der Waals surface area contributed by atoms with Crippen molar-refractivity contribution in [2.45, 2.75) is 18.9 Å². The molecule has 1 fully saturated rings. The number of benzene rings is 3. The van der Waals surface area contributed by atoms with Gasteiger partial charge in [-0.25, -0.2) is 9.65 Å². The third-order valence-electron chi connectivity index (χ3n) is 7.45. The number of likely N-dealkylation sites (N-methyl/N-ethyl adjacent to an activating group) is 1. The zero-order valence-electron chi connectivity index (χ0n) is 23.2. The van der Waals surface area contributed by atoms with Crippen molar-refractivity contribution in [2.24, 2.45) is 0 Å². The van der Waals surface area contributed by atoms with Crippen molar-refractivity contribution in [2.75, 3.05) is 52.9 Å². The Balaban J connectivity index is 0.000000333. The zero-order valence-corrected chi connectivity index (χ0v) is 26.8. The summed E-state index contributed by atoms with van der Waals surface area (Å²) in [6.45, 7) is 7.36. The van der Waals surface area contributed by atoms with Crippen molar-refractivity contribution in [1.29, 1.82) is 0 Å². The van der Waals surface area contributed by atoms with Gasteiger partial charge in [-0.1, -0.05) is 35.3 Å². The Hall–Kier alpha value is -2.04. The van der Waals surface area contributed by atoms with Gasteiger partial charge in [-0.2, -0.15) is 0 Å². The Bertz CT molecular complexity index is 1380. The van der Waals surface area contributed by atoms with Crippen molar-refractivity contribution in [3.8, 4) is 11.5 Å². The van der Waals surface area contributed by atoms with E-state index in [0.717, 1.165) is 61.9 Å². The maximum atomic E-state index is 12.1. The first-order valence-electron chi connectivity index (χ1n) is 13.7. The molecule has 1 radical (unpaired) electrons. The number of rotatable bonds is 7. The van der Waals surface area contributed by atoms with Crippen LogP contribution in [0.4, 0.5) is 4.39 Å². The Labute approximate surface area is 270 Å². The van der Waals surface area contributed by atoms with Crippen LogP contribution in [0.2, 0.25) is 5.02 Å². The summed E-state index contributed by atoms with van der Waals surface area (Å²) in [6, 6.07) is 19.6. The number of ether oxygens (including phenoxy) is 1. The van der Waals surface area contributed by atoms with E-state index in [9.17, 15) is 4.39 Å². The van der Waals surface area contributed by atoms with Gasteiger partial charge in [0.15, 0.2) is 5.75 Å². The van der Waals surface area contributed by atoms with Gasteiger partial charge in [-0.05, 0) is 80.1 Å². The molecule has 10 heteroatoms. The van der Waals surface area contributed by atoms with Crippen molar-refractivity contribution in [3.05, 3.63) is 99.7 Å². The second-order valence-electron chi connectivity index (χ2n) is 10.2. The molecule has 7 nitrogen and oxygen atoms in total. The normalized spacial score (nSPS) is 17.2. The predicted octanol–water partition coefficient (Wildman–Crippen LogP) is 6.53. The molecule has 3 aromatic carbocycles. The summed E-state index contributed by atoms with van der Waals surface area (Å²) in [5.41, 5.74) is 4.88. The first-order chi connectivity index (χ1) is 19.5. The average molecular weight is 655 g/mol. The Morgan fingerprint density at radius 3 is 2.41 bits per heavy atom. The Kier molecular flexibility index (Phi) is 12.0. The predicted molar refractivity (Wildman–Crippen MR) is 157 cm³/mol. The van der Waals surface area contributed by atoms with Crippen LogP contribution in [0.15, 0.2) is 66.7 Å². The van der Waals surface area contributed by atoms with Crippen LogP contribution in [0, 0.1) is 5.82 Å². The summed E-state index contributed by atoms with van der Waals surface area (Å²) in [6.07, 6.45) is 2.02. The molecule has 1 saturated heterocycles. The molecule has 215 valence electrons. The molecule has 2 N–H and O–H groups in total. The van der Waals surface area contributed by atoms with Crippen LogP contribution in [-0.4, -0.2) is 73.0 Å². The number of piperazine rings is 1. The molecule has 6 rings (SSSR count). The number of halogens is 2. The summed E-state index contributed by atoms with van der Waals surface area (Å²) >= 11 is 6.24. The fraction of sp³-hybridized carbons (Fsp3) is 0.355. The largest absolute Gasteiger partial charge is 0.650 e. The van der Waals surface area contributed by atoms with Crippen LogP contribution in [0.25, 0.3) is 16.2 Å². The van der Waals surface area contributed by atoms with Gasteiger partial charge in [-0.15, -0.1) is 6.54 Å². The van der Waals surface area contributed by atoms with Gasteiger partial charge < -0.3 is 29.7 Å². The van der Waals surface area contributed by atoms with Gasteiger partial charge in [-0.3, -0.25) is 0 Å². The molecular formula is C31H35ClFN4O3Y-. The second kappa shape index (κ2) is 15.4. The molecule has 0 spiro atoms. The summed E-state index contributed by atoms with van der Waals surface area (Å²) in [5, 5.41) is 14.9. The first kappa shape index (κ1) is 31.9. The minimum atomic E-state index is -0.351. The number of hydrogen-bond acceptors (Lipinski definition) is 5. The van der Waals surface area contributed by atoms with E-state index in [2.05, 4.69) is 63.1 Å². The van der Waals surface area contributed by atoms with Crippen molar-refractivity contribution in [3.63, 3.8) is 0 Å². The van der Waals surface area contributed by atoms with E-state index in [1.807, 2.05) is 6.07 Å². The number of aromatic nitrogens is 1. The molecule has 1 unspecified atom stereocenters. The van der Waals surface area contributed by atoms with Crippen molar-refractivity contribution in [1.82, 2.24) is 14.8 Å². The summed E-state index contributed by atoms with van der Waals surface area (Å²) in [7, 11) is 2.19. The number of H-pyrrole nitrogens is 1. The molecule has 4 aromatic rings. The number of aromatic amines is 1. The van der Waals surface area contributed by atoms with Crippen molar-refractivity contribution < 1.29 is 52.0 Å². The molecule has 0 amide bonds. The first-order valence-corrected chi connectivity index (χ1v) is 14.0. The number of nitrogens with zero attached hydrogens (tertiary/aromatic N) is 3. The number of nitrogens with one attached hydrogen (secondary N) is 1. The third-order valence-corrected chi connectivity index (χ3v) is 7.68. The fourth-order valence-corrected chi connectivity index (χ4v) is 5.38. The molecule has 0 aliphatic carbocycles. The zero-order chi connectivity index (χ0) is 27.9. The second-order valence-corrected chi connectivity index (χ2v) is 10.7. The molecule has 41 heavy (non-hydrogen) atoms. The smallest absolute Gasteiger partial charge is 0.165 e. The SMILES string of the molecule is CN1CCN(CCCOc2ccc(C3[N-]CCc4c3[nH]c3ccc(Cl)cc43)cc2)CC1.OOc1ccc(F)cc1.[Y]. The standard InChI is InChI=1S/C25H30ClN4O.C6H5FO2.Y/c1-29-12-14-30(15-13-29)11-2-16-31-20-6-3-18(4-7-20)24-25-21(9-10-27-24)22-17-19(26)5-8-23(22)28-25;7-5-1-3-6(9-8)4-2-5;/h3-8,17,24,28H,2,9-16H2,1H3;1-4,8H;/q-1;;. The fourth-order valence-electron chi connectivity index (χ4n) is 5.20. The molecule has 2 aliphatic heterocycles. The molecular weight excluding hydrogens is 620 g/mol. The molecule has 0 bridgehead atoms. The molecule has 0 saturated carbocycles. The summed E-state index contributed by atoms with van der Waals surface area (Å²) < 4.78 is 18.1. The van der Waals surface area contributed by atoms with E-state index in [4.69, 9.17) is 26.9 Å². The van der Waals surface area contributed by atoms with E-state index in [0.29, 0.717) is 0 Å². The van der Waals surface area contributed by atoms with Gasteiger partial charge in [0.25, 0.3) is 0 Å².